The molecule has 1 atom stereocenters. The van der Waals surface area contributed by atoms with Crippen LogP contribution in [0.25, 0.3) is 0 Å². The van der Waals surface area contributed by atoms with Crippen LogP contribution in [0.15, 0.2) is 42.5 Å². The van der Waals surface area contributed by atoms with Gasteiger partial charge in [-0.25, -0.2) is 0 Å². The van der Waals surface area contributed by atoms with Crippen LogP contribution < -0.4 is 10.1 Å². The molecule has 0 bridgehead atoms. The summed E-state index contributed by atoms with van der Waals surface area (Å²) in [5.41, 5.74) is 4.79. The van der Waals surface area contributed by atoms with Gasteiger partial charge >= 0.3 is 0 Å². The van der Waals surface area contributed by atoms with E-state index in [1.807, 2.05) is 44.7 Å². The standard InChI is InChI=1S/C22H29NO2S/c1-5-20(25-21-14-17(3)9-10-18(21)4)22(24)23-11-12-26-15-19-8-6-7-16(2)13-19/h6-10,13-14,20H,5,11-12,15H2,1-4H3,(H,23,24)/t20-/m0/s1. The van der Waals surface area contributed by atoms with Crippen molar-refractivity contribution < 1.29 is 9.53 Å². The maximum atomic E-state index is 12.4. The molecule has 140 valence electrons. The molecule has 2 aromatic rings. The molecule has 0 fully saturated rings. The van der Waals surface area contributed by atoms with Crippen LogP contribution >= 0.6 is 11.8 Å². The van der Waals surface area contributed by atoms with E-state index >= 15 is 0 Å². The van der Waals surface area contributed by atoms with Gasteiger partial charge in [-0.1, -0.05) is 48.9 Å². The first-order valence-corrected chi connectivity index (χ1v) is 10.3. The van der Waals surface area contributed by atoms with E-state index in [0.717, 1.165) is 28.4 Å². The zero-order valence-electron chi connectivity index (χ0n) is 16.2. The summed E-state index contributed by atoms with van der Waals surface area (Å²) in [5, 5.41) is 3.00. The smallest absolute Gasteiger partial charge is 0.261 e. The molecule has 3 nitrogen and oxygen atoms in total. The summed E-state index contributed by atoms with van der Waals surface area (Å²) in [6.45, 7) is 8.76. The Kier molecular flexibility index (Phi) is 8.05. The van der Waals surface area contributed by atoms with Gasteiger partial charge in [0, 0.05) is 18.1 Å². The lowest BCUT2D eigenvalue weighted by Crippen LogP contribution is -2.39. The molecule has 26 heavy (non-hydrogen) atoms. The predicted molar refractivity (Wildman–Crippen MR) is 111 cm³/mol. The van der Waals surface area contributed by atoms with Gasteiger partial charge in [-0.15, -0.1) is 0 Å². The van der Waals surface area contributed by atoms with Crippen molar-refractivity contribution in [3.63, 3.8) is 0 Å². The maximum absolute atomic E-state index is 12.4. The number of carbonyl (C=O) groups excluding carboxylic acids is 1. The van der Waals surface area contributed by atoms with E-state index < -0.39 is 6.10 Å². The lowest BCUT2D eigenvalue weighted by Gasteiger charge is -2.19. The average molecular weight is 372 g/mol. The molecule has 0 saturated carbocycles. The molecule has 2 rings (SSSR count). The highest BCUT2D eigenvalue weighted by molar-refractivity contribution is 7.98. The SMILES string of the molecule is CC[C@H](Oc1cc(C)ccc1C)C(=O)NCCSCc1cccc(C)c1. The van der Waals surface area contributed by atoms with Gasteiger partial charge in [0.2, 0.25) is 0 Å². The Morgan fingerprint density at radius 1 is 1.12 bits per heavy atom. The summed E-state index contributed by atoms with van der Waals surface area (Å²) in [6, 6.07) is 14.6. The number of thioether (sulfide) groups is 1. The van der Waals surface area contributed by atoms with Crippen LogP contribution in [0, 0.1) is 20.8 Å². The van der Waals surface area contributed by atoms with E-state index in [4.69, 9.17) is 4.74 Å². The number of aryl methyl sites for hydroxylation is 3. The number of carbonyl (C=O) groups is 1. The molecule has 1 amide bonds. The van der Waals surface area contributed by atoms with Crippen molar-refractivity contribution in [3.8, 4) is 5.75 Å². The zero-order valence-corrected chi connectivity index (χ0v) is 17.0. The molecule has 0 aromatic heterocycles. The fourth-order valence-electron chi connectivity index (χ4n) is 2.66. The van der Waals surface area contributed by atoms with Crippen LogP contribution in [-0.2, 0) is 10.5 Å². The van der Waals surface area contributed by atoms with Crippen molar-refractivity contribution >= 4 is 17.7 Å². The molecular formula is C22H29NO2S. The van der Waals surface area contributed by atoms with Gasteiger partial charge in [-0.3, -0.25) is 4.79 Å². The minimum atomic E-state index is -0.447. The number of ether oxygens (including phenoxy) is 1. The molecule has 1 N–H and O–H groups in total. The Morgan fingerprint density at radius 2 is 1.88 bits per heavy atom. The van der Waals surface area contributed by atoms with Crippen molar-refractivity contribution in [1.29, 1.82) is 0 Å². The molecule has 0 aliphatic rings. The first kappa shape index (κ1) is 20.4. The van der Waals surface area contributed by atoms with Crippen molar-refractivity contribution in [2.75, 3.05) is 12.3 Å². The topological polar surface area (TPSA) is 38.3 Å². The Hall–Kier alpha value is -1.94. The maximum Gasteiger partial charge on any atom is 0.261 e. The second-order valence-electron chi connectivity index (χ2n) is 6.62. The molecule has 0 aliphatic heterocycles. The molecule has 0 unspecified atom stereocenters. The van der Waals surface area contributed by atoms with Crippen LogP contribution in [0.4, 0.5) is 0 Å². The number of nitrogens with one attached hydrogen (secondary N) is 1. The molecule has 0 spiro atoms. The van der Waals surface area contributed by atoms with E-state index in [1.54, 1.807) is 0 Å². The second kappa shape index (κ2) is 10.3. The van der Waals surface area contributed by atoms with Gasteiger partial charge < -0.3 is 10.1 Å². The monoisotopic (exact) mass is 371 g/mol. The molecule has 4 heteroatoms. The highest BCUT2D eigenvalue weighted by Gasteiger charge is 2.18. The summed E-state index contributed by atoms with van der Waals surface area (Å²) in [4.78, 5) is 12.4. The third-order valence-corrected chi connectivity index (χ3v) is 5.20. The van der Waals surface area contributed by atoms with E-state index in [1.165, 1.54) is 11.1 Å². The normalized spacial score (nSPS) is 11.8. The van der Waals surface area contributed by atoms with Crippen molar-refractivity contribution in [2.45, 2.75) is 46.0 Å². The molecule has 2 aromatic carbocycles. The van der Waals surface area contributed by atoms with Gasteiger partial charge in [0.15, 0.2) is 6.10 Å². The minimum absolute atomic E-state index is 0.0374. The number of amides is 1. The highest BCUT2D eigenvalue weighted by atomic mass is 32.2. The summed E-state index contributed by atoms with van der Waals surface area (Å²) in [5.74, 6) is 2.61. The van der Waals surface area contributed by atoms with Crippen LogP contribution in [-0.4, -0.2) is 24.3 Å². The van der Waals surface area contributed by atoms with Gasteiger partial charge in [0.1, 0.15) is 5.75 Å². The van der Waals surface area contributed by atoms with Gasteiger partial charge in [0.05, 0.1) is 0 Å². The summed E-state index contributed by atoms with van der Waals surface area (Å²) in [7, 11) is 0. The van der Waals surface area contributed by atoms with Crippen molar-refractivity contribution in [2.24, 2.45) is 0 Å². The van der Waals surface area contributed by atoms with E-state index in [9.17, 15) is 4.79 Å². The molecule has 0 saturated heterocycles. The number of benzene rings is 2. The molecule has 0 heterocycles. The Morgan fingerprint density at radius 3 is 2.62 bits per heavy atom. The van der Waals surface area contributed by atoms with Gasteiger partial charge in [-0.05, 0) is 49.9 Å². The van der Waals surface area contributed by atoms with E-state index in [2.05, 4.69) is 42.6 Å². The summed E-state index contributed by atoms with van der Waals surface area (Å²) in [6.07, 6.45) is 0.201. The van der Waals surface area contributed by atoms with Crippen LogP contribution in [0.5, 0.6) is 5.75 Å². The number of hydrogen-bond acceptors (Lipinski definition) is 3. The second-order valence-corrected chi connectivity index (χ2v) is 7.72. The lowest BCUT2D eigenvalue weighted by atomic mass is 10.1. The molecule has 0 aliphatic carbocycles. The first-order valence-electron chi connectivity index (χ1n) is 9.14. The van der Waals surface area contributed by atoms with Gasteiger partial charge in [-0.2, -0.15) is 11.8 Å². The van der Waals surface area contributed by atoms with E-state index in [-0.39, 0.29) is 5.91 Å². The Bertz CT molecular complexity index is 730. The molecule has 0 radical (unpaired) electrons. The van der Waals surface area contributed by atoms with Crippen molar-refractivity contribution in [1.82, 2.24) is 5.32 Å². The minimum Gasteiger partial charge on any atom is -0.480 e. The first-order chi connectivity index (χ1) is 12.5. The van der Waals surface area contributed by atoms with Gasteiger partial charge in [0.25, 0.3) is 5.91 Å². The highest BCUT2D eigenvalue weighted by Crippen LogP contribution is 2.21. The molecular weight excluding hydrogens is 342 g/mol. The predicted octanol–water partition coefficient (Wildman–Crippen LogP) is 4.82. The number of hydrogen-bond donors (Lipinski definition) is 1. The summed E-state index contributed by atoms with van der Waals surface area (Å²) < 4.78 is 5.96. The third-order valence-electron chi connectivity index (χ3n) is 4.17. The third kappa shape index (κ3) is 6.41. The quantitative estimate of drug-likeness (QED) is 0.642. The Balaban J connectivity index is 1.75. The fourth-order valence-corrected chi connectivity index (χ4v) is 3.47. The lowest BCUT2D eigenvalue weighted by molar-refractivity contribution is -0.128. The fraction of sp³-hybridized carbons (Fsp3) is 0.409. The number of rotatable bonds is 9. The Labute approximate surface area is 161 Å². The van der Waals surface area contributed by atoms with Crippen LogP contribution in [0.1, 0.15) is 35.6 Å². The van der Waals surface area contributed by atoms with E-state index in [0.29, 0.717) is 13.0 Å². The average Bonchev–Trinajstić information content (AvgIpc) is 2.62. The van der Waals surface area contributed by atoms with Crippen LogP contribution in [0.3, 0.4) is 0 Å². The van der Waals surface area contributed by atoms with Crippen molar-refractivity contribution in [3.05, 3.63) is 64.7 Å². The zero-order chi connectivity index (χ0) is 18.9. The van der Waals surface area contributed by atoms with Crippen LogP contribution in [0.2, 0.25) is 0 Å². The largest absolute Gasteiger partial charge is 0.480 e. The summed E-state index contributed by atoms with van der Waals surface area (Å²) >= 11 is 1.83.